The fraction of sp³-hybridized carbons (Fsp3) is 0.571. The van der Waals surface area contributed by atoms with E-state index < -0.39 is 18.3 Å². The Hall–Kier alpha value is -1.23. The van der Waals surface area contributed by atoms with Crippen LogP contribution in [0.4, 0.5) is 13.2 Å². The fourth-order valence-corrected chi connectivity index (χ4v) is 2.41. The van der Waals surface area contributed by atoms with E-state index in [0.29, 0.717) is 12.5 Å². The minimum Gasteiger partial charge on any atom is -0.493 e. The smallest absolute Gasteiger partial charge is 0.419 e. The van der Waals surface area contributed by atoms with Crippen LogP contribution in [0.3, 0.4) is 0 Å². The van der Waals surface area contributed by atoms with Crippen molar-refractivity contribution >= 4 is 0 Å². The highest BCUT2D eigenvalue weighted by molar-refractivity contribution is 5.39. The van der Waals surface area contributed by atoms with Gasteiger partial charge in [-0.3, -0.25) is 0 Å². The van der Waals surface area contributed by atoms with Crippen molar-refractivity contribution in [3.8, 4) is 5.75 Å². The van der Waals surface area contributed by atoms with Gasteiger partial charge in [0.05, 0.1) is 18.8 Å². The van der Waals surface area contributed by atoms with Crippen LogP contribution in [0.15, 0.2) is 18.2 Å². The molecule has 0 unspecified atom stereocenters. The Labute approximate surface area is 110 Å². The van der Waals surface area contributed by atoms with Gasteiger partial charge in [0.1, 0.15) is 5.75 Å². The number of ether oxygens (including phenoxy) is 1. The summed E-state index contributed by atoms with van der Waals surface area (Å²) in [6.45, 7) is -0.0759. The molecular formula is C14H17F3O2. The van der Waals surface area contributed by atoms with Crippen molar-refractivity contribution in [2.75, 3.05) is 6.61 Å². The molecule has 0 atom stereocenters. The van der Waals surface area contributed by atoms with Crippen molar-refractivity contribution in [2.24, 2.45) is 5.92 Å². The Bertz CT molecular complexity index is 423. The summed E-state index contributed by atoms with van der Waals surface area (Å²) in [5.74, 6) is 0.218. The van der Waals surface area contributed by atoms with Gasteiger partial charge in [-0.25, -0.2) is 0 Å². The number of hydrogen-bond acceptors (Lipinski definition) is 2. The first-order valence-electron chi connectivity index (χ1n) is 6.44. The maximum absolute atomic E-state index is 12.9. The minimum atomic E-state index is -4.46. The molecule has 1 N–H and O–H groups in total. The number of aliphatic hydroxyl groups is 1. The lowest BCUT2D eigenvalue weighted by Gasteiger charge is -2.17. The lowest BCUT2D eigenvalue weighted by Crippen LogP contribution is -2.13. The quantitative estimate of drug-likeness (QED) is 0.905. The standard InChI is InChI=1S/C14H17F3O2/c15-14(16,17)12-7-11(8-18)5-6-13(12)19-9-10-3-1-2-4-10/h5-7,10,18H,1-4,8-9H2. The molecule has 5 heteroatoms. The number of benzene rings is 1. The highest BCUT2D eigenvalue weighted by Crippen LogP contribution is 2.37. The van der Waals surface area contributed by atoms with Gasteiger partial charge < -0.3 is 9.84 Å². The number of rotatable bonds is 4. The summed E-state index contributed by atoms with van der Waals surface area (Å²) in [5, 5.41) is 8.91. The third-order valence-corrected chi connectivity index (χ3v) is 3.48. The molecule has 1 aromatic carbocycles. The molecule has 1 fully saturated rings. The van der Waals surface area contributed by atoms with Gasteiger partial charge in [-0.05, 0) is 36.5 Å². The molecule has 0 aromatic heterocycles. The Kier molecular flexibility index (Phi) is 4.34. The Balaban J connectivity index is 2.13. The number of alkyl halides is 3. The summed E-state index contributed by atoms with van der Waals surface area (Å²) in [7, 11) is 0. The van der Waals surface area contributed by atoms with Gasteiger partial charge in [0.25, 0.3) is 0 Å². The molecule has 2 nitrogen and oxygen atoms in total. The molecule has 0 heterocycles. The van der Waals surface area contributed by atoms with E-state index in [1.54, 1.807) is 0 Å². The Morgan fingerprint density at radius 3 is 2.47 bits per heavy atom. The molecular weight excluding hydrogens is 257 g/mol. The van der Waals surface area contributed by atoms with Gasteiger partial charge in [0.2, 0.25) is 0 Å². The highest BCUT2D eigenvalue weighted by Gasteiger charge is 2.34. The lowest BCUT2D eigenvalue weighted by molar-refractivity contribution is -0.139. The highest BCUT2D eigenvalue weighted by atomic mass is 19.4. The van der Waals surface area contributed by atoms with Gasteiger partial charge in [-0.1, -0.05) is 18.9 Å². The van der Waals surface area contributed by atoms with E-state index in [4.69, 9.17) is 9.84 Å². The average Bonchev–Trinajstić information content (AvgIpc) is 2.88. The number of aliphatic hydroxyl groups excluding tert-OH is 1. The number of halogens is 3. The van der Waals surface area contributed by atoms with E-state index in [0.717, 1.165) is 31.7 Å². The van der Waals surface area contributed by atoms with Crippen molar-refractivity contribution in [1.82, 2.24) is 0 Å². The van der Waals surface area contributed by atoms with Crippen LogP contribution in [0.1, 0.15) is 36.8 Å². The van der Waals surface area contributed by atoms with E-state index in [1.807, 2.05) is 0 Å². The Morgan fingerprint density at radius 2 is 1.89 bits per heavy atom. The zero-order valence-corrected chi connectivity index (χ0v) is 10.5. The maximum atomic E-state index is 12.9. The normalized spacial score (nSPS) is 16.8. The molecule has 0 bridgehead atoms. The van der Waals surface area contributed by atoms with E-state index in [2.05, 4.69) is 0 Å². The van der Waals surface area contributed by atoms with Crippen LogP contribution in [-0.2, 0) is 12.8 Å². The van der Waals surface area contributed by atoms with E-state index in [9.17, 15) is 13.2 Å². The largest absolute Gasteiger partial charge is 0.493 e. The van der Waals surface area contributed by atoms with Gasteiger partial charge in [0, 0.05) is 0 Å². The Morgan fingerprint density at radius 1 is 1.21 bits per heavy atom. The fourth-order valence-electron chi connectivity index (χ4n) is 2.41. The molecule has 0 saturated heterocycles. The van der Waals surface area contributed by atoms with Crippen LogP contribution in [-0.4, -0.2) is 11.7 Å². The van der Waals surface area contributed by atoms with Crippen LogP contribution in [0.25, 0.3) is 0 Å². The second-order valence-corrected chi connectivity index (χ2v) is 4.95. The van der Waals surface area contributed by atoms with Crippen molar-refractivity contribution in [2.45, 2.75) is 38.5 Å². The SMILES string of the molecule is OCc1ccc(OCC2CCCC2)c(C(F)(F)F)c1. The van der Waals surface area contributed by atoms with Gasteiger partial charge >= 0.3 is 6.18 Å². The average molecular weight is 274 g/mol. The third-order valence-electron chi connectivity index (χ3n) is 3.48. The monoisotopic (exact) mass is 274 g/mol. The topological polar surface area (TPSA) is 29.5 Å². The van der Waals surface area contributed by atoms with Crippen molar-refractivity contribution in [3.05, 3.63) is 29.3 Å². The zero-order valence-electron chi connectivity index (χ0n) is 10.5. The van der Waals surface area contributed by atoms with Crippen molar-refractivity contribution in [3.63, 3.8) is 0 Å². The van der Waals surface area contributed by atoms with Crippen LogP contribution in [0, 0.1) is 5.92 Å². The van der Waals surface area contributed by atoms with Gasteiger partial charge in [-0.15, -0.1) is 0 Å². The molecule has 1 aliphatic carbocycles. The van der Waals surface area contributed by atoms with Crippen LogP contribution < -0.4 is 4.74 Å². The van der Waals surface area contributed by atoms with E-state index in [1.165, 1.54) is 12.1 Å². The van der Waals surface area contributed by atoms with Crippen LogP contribution >= 0.6 is 0 Å². The lowest BCUT2D eigenvalue weighted by atomic mass is 10.1. The zero-order chi connectivity index (χ0) is 13.9. The second kappa shape index (κ2) is 5.82. The van der Waals surface area contributed by atoms with Crippen molar-refractivity contribution < 1.29 is 23.0 Å². The summed E-state index contributed by atoms with van der Waals surface area (Å²) >= 11 is 0. The van der Waals surface area contributed by atoms with E-state index in [-0.39, 0.29) is 11.3 Å². The second-order valence-electron chi connectivity index (χ2n) is 4.95. The summed E-state index contributed by atoms with van der Waals surface area (Å²) in [4.78, 5) is 0. The molecule has 1 aromatic rings. The molecule has 1 aliphatic rings. The summed E-state index contributed by atoms with van der Waals surface area (Å²) < 4.78 is 44.1. The molecule has 1 saturated carbocycles. The predicted octanol–water partition coefficient (Wildman–Crippen LogP) is 3.77. The van der Waals surface area contributed by atoms with Gasteiger partial charge in [0.15, 0.2) is 0 Å². The molecule has 0 spiro atoms. The summed E-state index contributed by atoms with van der Waals surface area (Å²) in [6, 6.07) is 3.70. The summed E-state index contributed by atoms with van der Waals surface area (Å²) in [5.41, 5.74) is -0.572. The maximum Gasteiger partial charge on any atom is 0.419 e. The third kappa shape index (κ3) is 3.62. The summed E-state index contributed by atoms with van der Waals surface area (Å²) in [6.07, 6.45) is -0.157. The molecule has 2 rings (SSSR count). The first-order valence-corrected chi connectivity index (χ1v) is 6.44. The number of hydrogen-bond donors (Lipinski definition) is 1. The first kappa shape index (κ1) is 14.2. The predicted molar refractivity (Wildman–Crippen MR) is 64.8 cm³/mol. The van der Waals surface area contributed by atoms with E-state index >= 15 is 0 Å². The first-order chi connectivity index (χ1) is 9.00. The van der Waals surface area contributed by atoms with Crippen LogP contribution in [0.5, 0.6) is 5.75 Å². The van der Waals surface area contributed by atoms with Crippen molar-refractivity contribution in [1.29, 1.82) is 0 Å². The van der Waals surface area contributed by atoms with Crippen LogP contribution in [0.2, 0.25) is 0 Å². The molecule has 106 valence electrons. The minimum absolute atomic E-state index is 0.142. The van der Waals surface area contributed by atoms with Gasteiger partial charge in [-0.2, -0.15) is 13.2 Å². The molecule has 0 aliphatic heterocycles. The molecule has 0 radical (unpaired) electrons. The molecule has 0 amide bonds. The molecule has 19 heavy (non-hydrogen) atoms.